The van der Waals surface area contributed by atoms with Gasteiger partial charge >= 0.3 is 0 Å². The Morgan fingerprint density at radius 2 is 2.07 bits per heavy atom. The Morgan fingerprint density at radius 1 is 1.40 bits per heavy atom. The minimum absolute atomic E-state index is 0.0241. The summed E-state index contributed by atoms with van der Waals surface area (Å²) >= 11 is 0. The second kappa shape index (κ2) is 5.70. The van der Waals surface area contributed by atoms with E-state index in [2.05, 4.69) is 10.6 Å². The maximum absolute atomic E-state index is 11.2. The molecule has 0 aromatic carbocycles. The lowest BCUT2D eigenvalue weighted by Gasteiger charge is -2.07. The van der Waals surface area contributed by atoms with Crippen molar-refractivity contribution in [3.8, 4) is 0 Å². The van der Waals surface area contributed by atoms with Gasteiger partial charge < -0.3 is 16.4 Å². The third-order valence-corrected chi connectivity index (χ3v) is 2.22. The van der Waals surface area contributed by atoms with Crippen LogP contribution in [0.15, 0.2) is 0 Å². The maximum Gasteiger partial charge on any atom is 0.239 e. The third-order valence-electron chi connectivity index (χ3n) is 2.22. The van der Waals surface area contributed by atoms with Gasteiger partial charge in [0.25, 0.3) is 0 Å². The average Bonchev–Trinajstić information content (AvgIpc) is 2.95. The van der Waals surface area contributed by atoms with E-state index in [1.165, 1.54) is 0 Å². The molecule has 0 aliphatic heterocycles. The second-order valence-corrected chi connectivity index (χ2v) is 4.13. The Morgan fingerprint density at radius 3 is 2.60 bits per heavy atom. The Kier molecular flexibility index (Phi) is 4.55. The number of nitrogens with one attached hydrogen (secondary N) is 2. The molecule has 5 heteroatoms. The highest BCUT2D eigenvalue weighted by Gasteiger charge is 2.23. The van der Waals surface area contributed by atoms with Gasteiger partial charge in [-0.15, -0.1) is 0 Å². The normalized spacial score (nSPS) is 16.9. The molecule has 1 saturated carbocycles. The molecule has 0 heterocycles. The molecule has 1 rings (SSSR count). The molecule has 0 bridgehead atoms. The summed E-state index contributed by atoms with van der Waals surface area (Å²) in [4.78, 5) is 22.4. The van der Waals surface area contributed by atoms with E-state index >= 15 is 0 Å². The zero-order valence-corrected chi connectivity index (χ0v) is 9.08. The van der Waals surface area contributed by atoms with Crippen LogP contribution in [0.4, 0.5) is 0 Å². The molecule has 1 fully saturated rings. The van der Waals surface area contributed by atoms with E-state index in [1.54, 1.807) is 0 Å². The fourth-order valence-electron chi connectivity index (χ4n) is 1.13. The first-order chi connectivity index (χ1) is 7.08. The minimum atomic E-state index is -0.113. The highest BCUT2D eigenvalue weighted by Crippen LogP contribution is 2.18. The summed E-state index contributed by atoms with van der Waals surface area (Å²) in [6.45, 7) is 1.93. The van der Waals surface area contributed by atoms with Crippen LogP contribution in [0.1, 0.15) is 32.6 Å². The van der Waals surface area contributed by atoms with Crippen molar-refractivity contribution in [1.82, 2.24) is 10.6 Å². The number of carbonyl (C=O) groups excluding carboxylic acids is 2. The lowest BCUT2D eigenvalue weighted by Crippen LogP contribution is -2.38. The van der Waals surface area contributed by atoms with Crippen molar-refractivity contribution in [3.05, 3.63) is 0 Å². The molecule has 4 N–H and O–H groups in total. The van der Waals surface area contributed by atoms with E-state index in [0.717, 1.165) is 12.8 Å². The van der Waals surface area contributed by atoms with E-state index in [4.69, 9.17) is 5.73 Å². The number of carbonyl (C=O) groups is 2. The van der Waals surface area contributed by atoms with Crippen LogP contribution in [0.3, 0.4) is 0 Å². The Labute approximate surface area is 89.8 Å². The Hall–Kier alpha value is -1.10. The standard InChI is InChI=1S/C10H19N3O2/c1-7(11)2-5-9(14)12-6-10(15)13-8-3-4-8/h7-8H,2-6,11H2,1H3,(H,12,14)(H,13,15). The largest absolute Gasteiger partial charge is 0.352 e. The molecule has 0 spiro atoms. The van der Waals surface area contributed by atoms with Crippen molar-refractivity contribution in [2.75, 3.05) is 6.54 Å². The first-order valence-corrected chi connectivity index (χ1v) is 5.39. The minimum Gasteiger partial charge on any atom is -0.352 e. The predicted molar refractivity (Wildman–Crippen MR) is 57.1 cm³/mol. The number of hydrogen-bond acceptors (Lipinski definition) is 3. The molecular formula is C10H19N3O2. The lowest BCUT2D eigenvalue weighted by molar-refractivity contribution is -0.126. The van der Waals surface area contributed by atoms with Gasteiger partial charge in [0.05, 0.1) is 6.54 Å². The van der Waals surface area contributed by atoms with Crippen LogP contribution < -0.4 is 16.4 Å². The van der Waals surface area contributed by atoms with Crippen molar-refractivity contribution in [2.45, 2.75) is 44.7 Å². The van der Waals surface area contributed by atoms with E-state index in [1.807, 2.05) is 6.92 Å². The fraction of sp³-hybridized carbons (Fsp3) is 0.800. The molecule has 2 amide bonds. The van der Waals surface area contributed by atoms with Crippen LogP contribution >= 0.6 is 0 Å². The molecule has 5 nitrogen and oxygen atoms in total. The Balaban J connectivity index is 2.02. The highest BCUT2D eigenvalue weighted by atomic mass is 16.2. The van der Waals surface area contributed by atoms with Gasteiger partial charge in [-0.25, -0.2) is 0 Å². The van der Waals surface area contributed by atoms with Gasteiger partial charge in [-0.1, -0.05) is 0 Å². The molecule has 1 atom stereocenters. The SMILES string of the molecule is CC(N)CCC(=O)NCC(=O)NC1CC1. The molecule has 0 aromatic heterocycles. The first kappa shape index (κ1) is 12.0. The average molecular weight is 213 g/mol. The fourth-order valence-corrected chi connectivity index (χ4v) is 1.13. The summed E-state index contributed by atoms with van der Waals surface area (Å²) in [5, 5.41) is 5.36. The van der Waals surface area contributed by atoms with Gasteiger partial charge in [-0.2, -0.15) is 0 Å². The molecule has 0 saturated heterocycles. The summed E-state index contributed by atoms with van der Waals surface area (Å²) in [6.07, 6.45) is 3.15. The van der Waals surface area contributed by atoms with Gasteiger partial charge in [0.1, 0.15) is 0 Å². The van der Waals surface area contributed by atoms with Crippen molar-refractivity contribution in [3.63, 3.8) is 0 Å². The molecule has 15 heavy (non-hydrogen) atoms. The molecular weight excluding hydrogens is 194 g/mol. The van der Waals surface area contributed by atoms with Crippen LogP contribution in [0.2, 0.25) is 0 Å². The number of nitrogens with two attached hydrogens (primary N) is 1. The van der Waals surface area contributed by atoms with Gasteiger partial charge in [-0.3, -0.25) is 9.59 Å². The maximum atomic E-state index is 11.2. The monoisotopic (exact) mass is 213 g/mol. The predicted octanol–water partition coefficient (Wildman–Crippen LogP) is -0.491. The van der Waals surface area contributed by atoms with Gasteiger partial charge in [0.15, 0.2) is 0 Å². The van der Waals surface area contributed by atoms with E-state index in [-0.39, 0.29) is 24.4 Å². The molecule has 1 unspecified atom stereocenters. The van der Waals surface area contributed by atoms with Gasteiger partial charge in [0.2, 0.25) is 11.8 Å². The van der Waals surface area contributed by atoms with Crippen molar-refractivity contribution in [2.24, 2.45) is 5.73 Å². The lowest BCUT2D eigenvalue weighted by atomic mass is 10.2. The van der Waals surface area contributed by atoms with Crippen LogP contribution in [-0.4, -0.2) is 30.4 Å². The molecule has 1 aliphatic rings. The van der Waals surface area contributed by atoms with E-state index in [9.17, 15) is 9.59 Å². The zero-order valence-electron chi connectivity index (χ0n) is 9.08. The smallest absolute Gasteiger partial charge is 0.239 e. The molecule has 0 radical (unpaired) electrons. The van der Waals surface area contributed by atoms with Crippen LogP contribution in [0.25, 0.3) is 0 Å². The molecule has 86 valence electrons. The summed E-state index contributed by atoms with van der Waals surface area (Å²) < 4.78 is 0. The number of amides is 2. The quantitative estimate of drug-likeness (QED) is 0.556. The summed E-state index contributed by atoms with van der Waals surface area (Å²) in [7, 11) is 0. The van der Waals surface area contributed by atoms with E-state index in [0.29, 0.717) is 18.9 Å². The molecule has 1 aliphatic carbocycles. The summed E-state index contributed by atoms with van der Waals surface area (Å²) in [6, 6.07) is 0.370. The summed E-state index contributed by atoms with van der Waals surface area (Å²) in [5.74, 6) is -0.218. The van der Waals surface area contributed by atoms with Crippen LogP contribution in [-0.2, 0) is 9.59 Å². The Bertz CT molecular complexity index is 237. The number of hydrogen-bond donors (Lipinski definition) is 3. The topological polar surface area (TPSA) is 84.2 Å². The second-order valence-electron chi connectivity index (χ2n) is 4.13. The van der Waals surface area contributed by atoms with Crippen molar-refractivity contribution >= 4 is 11.8 Å². The molecule has 0 aromatic rings. The van der Waals surface area contributed by atoms with E-state index < -0.39 is 0 Å². The van der Waals surface area contributed by atoms with Crippen molar-refractivity contribution in [1.29, 1.82) is 0 Å². The highest BCUT2D eigenvalue weighted by molar-refractivity contribution is 5.84. The summed E-state index contributed by atoms with van der Waals surface area (Å²) in [5.41, 5.74) is 5.51. The van der Waals surface area contributed by atoms with Gasteiger partial charge in [0, 0.05) is 18.5 Å². The third kappa shape index (κ3) is 6.06. The van der Waals surface area contributed by atoms with Crippen LogP contribution in [0.5, 0.6) is 0 Å². The van der Waals surface area contributed by atoms with Crippen LogP contribution in [0, 0.1) is 0 Å². The van der Waals surface area contributed by atoms with Gasteiger partial charge in [-0.05, 0) is 26.2 Å². The number of rotatable bonds is 6. The zero-order chi connectivity index (χ0) is 11.3. The first-order valence-electron chi connectivity index (χ1n) is 5.39. The van der Waals surface area contributed by atoms with Crippen molar-refractivity contribution < 1.29 is 9.59 Å².